The predicted octanol–water partition coefficient (Wildman–Crippen LogP) is 1.08. The molecule has 8 nitrogen and oxygen atoms in total. The van der Waals surface area contributed by atoms with Crippen LogP contribution in [0.2, 0.25) is 0 Å². The van der Waals surface area contributed by atoms with E-state index in [1.54, 1.807) is 0 Å². The molecule has 0 unspecified atom stereocenters. The van der Waals surface area contributed by atoms with E-state index in [0.29, 0.717) is 51.1 Å². The average molecular weight is 445 g/mol. The maximum Gasteiger partial charge on any atom is 0.307 e. The first-order valence-electron chi connectivity index (χ1n) is 11.7. The van der Waals surface area contributed by atoms with Crippen LogP contribution in [0, 0.1) is 5.92 Å². The normalized spacial score (nSPS) is 20.0. The second kappa shape index (κ2) is 13.4. The van der Waals surface area contributed by atoms with Crippen LogP contribution in [0.15, 0.2) is 0 Å². The van der Waals surface area contributed by atoms with Crippen LogP contribution in [-0.2, 0) is 19.1 Å². The van der Waals surface area contributed by atoms with Crippen LogP contribution in [0.1, 0.15) is 38.5 Å². The zero-order valence-corrected chi connectivity index (χ0v) is 20.9. The summed E-state index contributed by atoms with van der Waals surface area (Å²) in [6.45, 7) is 4.55. The van der Waals surface area contributed by atoms with E-state index in [1.165, 1.54) is 0 Å². The zero-order valence-electron chi connectivity index (χ0n) is 20.9. The van der Waals surface area contributed by atoms with Crippen LogP contribution in [0.3, 0.4) is 0 Å². The summed E-state index contributed by atoms with van der Waals surface area (Å²) in [4.78, 5) is 26.6. The number of quaternary nitrogens is 2. The monoisotopic (exact) mass is 444 g/mol. The molecular weight excluding hydrogens is 396 g/mol. The molecule has 1 saturated carbocycles. The lowest BCUT2D eigenvalue weighted by Crippen LogP contribution is -2.39. The molecular formula is C23H48N4O4+2. The summed E-state index contributed by atoms with van der Waals surface area (Å²) in [6, 6.07) is 0.317. The minimum absolute atomic E-state index is 0.172. The molecule has 0 radical (unpaired) electrons. The molecule has 2 N–H and O–H groups in total. The first-order chi connectivity index (χ1) is 14.3. The number of carbonyl (C=O) groups is 2. The van der Waals surface area contributed by atoms with Gasteiger partial charge < -0.3 is 29.1 Å². The van der Waals surface area contributed by atoms with Gasteiger partial charge in [0.2, 0.25) is 0 Å². The van der Waals surface area contributed by atoms with Crippen molar-refractivity contribution < 1.29 is 28.0 Å². The predicted molar refractivity (Wildman–Crippen MR) is 123 cm³/mol. The maximum atomic E-state index is 12.2. The highest BCUT2D eigenvalue weighted by molar-refractivity contribution is 5.70. The Kier molecular flexibility index (Phi) is 12.0. The molecule has 0 spiro atoms. The third-order valence-electron chi connectivity index (χ3n) is 5.72. The Morgan fingerprint density at radius 1 is 0.806 bits per heavy atom. The molecule has 0 saturated heterocycles. The van der Waals surface area contributed by atoms with Crippen LogP contribution >= 0.6 is 0 Å². The summed E-state index contributed by atoms with van der Waals surface area (Å²) in [5, 5.41) is 0. The van der Waals surface area contributed by atoms with Gasteiger partial charge in [0.05, 0.1) is 55.1 Å². The van der Waals surface area contributed by atoms with Gasteiger partial charge in [-0.1, -0.05) is 0 Å². The Morgan fingerprint density at radius 2 is 1.23 bits per heavy atom. The van der Waals surface area contributed by atoms with Crippen molar-refractivity contribution in [2.75, 3.05) is 88.2 Å². The molecule has 8 heteroatoms. The van der Waals surface area contributed by atoms with Gasteiger partial charge in [0.25, 0.3) is 0 Å². The van der Waals surface area contributed by atoms with E-state index in [4.69, 9.17) is 15.2 Å². The van der Waals surface area contributed by atoms with Crippen molar-refractivity contribution in [3.63, 3.8) is 0 Å². The largest absolute Gasteiger partial charge is 0.460 e. The summed E-state index contributed by atoms with van der Waals surface area (Å²) >= 11 is 0. The highest BCUT2D eigenvalue weighted by atomic mass is 16.5. The number of likely N-dealkylation sites (N-methyl/N-ethyl adjacent to an activating group) is 2. The summed E-state index contributed by atoms with van der Waals surface area (Å²) in [5.41, 5.74) is 6.04. The second-order valence-corrected chi connectivity index (χ2v) is 11.1. The fraction of sp³-hybridized carbons (Fsp3) is 0.913. The molecule has 1 rings (SSSR count). The Morgan fingerprint density at radius 3 is 1.61 bits per heavy atom. The Labute approximate surface area is 189 Å². The molecule has 31 heavy (non-hydrogen) atoms. The quantitative estimate of drug-likeness (QED) is 0.319. The van der Waals surface area contributed by atoms with E-state index in [-0.39, 0.29) is 11.9 Å². The molecule has 0 amide bonds. The summed E-state index contributed by atoms with van der Waals surface area (Å²) < 4.78 is 12.3. The van der Waals surface area contributed by atoms with E-state index in [0.717, 1.165) is 54.3 Å². The molecule has 0 aromatic carbocycles. The minimum atomic E-state index is -0.172. The smallest absolute Gasteiger partial charge is 0.307 e. The van der Waals surface area contributed by atoms with Crippen molar-refractivity contribution in [1.82, 2.24) is 4.90 Å². The third kappa shape index (κ3) is 15.3. The number of hydrogen-bond donors (Lipinski definition) is 1. The SMILES string of the molecule is C[N+](C)(C)CCOC(=O)CCN(CCC(=O)OCC[N+](C)(C)C)CC1CCC(N)CC1. The first-order valence-corrected chi connectivity index (χ1v) is 11.7. The van der Waals surface area contributed by atoms with E-state index in [9.17, 15) is 9.59 Å². The Balaban J connectivity index is 2.45. The highest BCUT2D eigenvalue weighted by Gasteiger charge is 2.22. The number of ether oxygens (including phenoxy) is 2. The fourth-order valence-corrected chi connectivity index (χ4v) is 3.54. The molecule has 1 fully saturated rings. The van der Waals surface area contributed by atoms with Gasteiger partial charge in [-0.3, -0.25) is 9.59 Å². The van der Waals surface area contributed by atoms with Crippen LogP contribution in [0.5, 0.6) is 0 Å². The number of nitrogens with zero attached hydrogens (tertiary/aromatic N) is 3. The molecule has 0 aromatic heterocycles. The van der Waals surface area contributed by atoms with Gasteiger partial charge in [0.15, 0.2) is 0 Å². The van der Waals surface area contributed by atoms with Gasteiger partial charge in [-0.15, -0.1) is 0 Å². The lowest BCUT2D eigenvalue weighted by Gasteiger charge is -2.31. The average Bonchev–Trinajstić information content (AvgIpc) is 2.63. The van der Waals surface area contributed by atoms with Crippen LogP contribution in [0.25, 0.3) is 0 Å². The van der Waals surface area contributed by atoms with Gasteiger partial charge in [-0.2, -0.15) is 0 Å². The van der Waals surface area contributed by atoms with E-state index >= 15 is 0 Å². The zero-order chi connectivity index (χ0) is 23.5. The van der Waals surface area contributed by atoms with Gasteiger partial charge >= 0.3 is 11.9 Å². The topological polar surface area (TPSA) is 81.9 Å². The molecule has 0 bridgehead atoms. The fourth-order valence-electron chi connectivity index (χ4n) is 3.54. The van der Waals surface area contributed by atoms with E-state index in [2.05, 4.69) is 47.2 Å². The van der Waals surface area contributed by atoms with Crippen molar-refractivity contribution >= 4 is 11.9 Å². The lowest BCUT2D eigenvalue weighted by atomic mass is 9.86. The standard InChI is InChI=1S/C23H48N4O4/c1-26(2,3)15-17-30-22(28)11-13-25(19-20-7-9-21(24)10-8-20)14-12-23(29)31-18-16-27(4,5)6/h20-21H,7-19,24H2,1-6H3/q+2. The highest BCUT2D eigenvalue weighted by Crippen LogP contribution is 2.24. The molecule has 0 aromatic rings. The summed E-state index contributed by atoms with van der Waals surface area (Å²) in [6.07, 6.45) is 5.02. The first kappa shape index (κ1) is 27.8. The maximum absolute atomic E-state index is 12.2. The van der Waals surface area contributed by atoms with Crippen molar-refractivity contribution in [2.45, 2.75) is 44.6 Å². The summed E-state index contributed by atoms with van der Waals surface area (Å²) in [5.74, 6) is 0.229. The number of carbonyl (C=O) groups excluding carboxylic acids is 2. The van der Waals surface area contributed by atoms with Gasteiger partial charge in [-0.05, 0) is 31.6 Å². The second-order valence-electron chi connectivity index (χ2n) is 11.1. The minimum Gasteiger partial charge on any atom is -0.460 e. The van der Waals surface area contributed by atoms with Crippen molar-refractivity contribution in [3.8, 4) is 0 Å². The van der Waals surface area contributed by atoms with Crippen molar-refractivity contribution in [2.24, 2.45) is 11.7 Å². The molecule has 0 heterocycles. The lowest BCUT2D eigenvalue weighted by molar-refractivity contribution is -0.870. The van der Waals surface area contributed by atoms with Gasteiger partial charge in [0.1, 0.15) is 26.3 Å². The number of hydrogen-bond acceptors (Lipinski definition) is 6. The Hall–Kier alpha value is -1.22. The molecule has 182 valence electrons. The van der Waals surface area contributed by atoms with Gasteiger partial charge in [-0.25, -0.2) is 0 Å². The van der Waals surface area contributed by atoms with Crippen LogP contribution in [-0.4, -0.2) is 120 Å². The molecule has 1 aliphatic carbocycles. The molecule has 0 atom stereocenters. The molecule has 1 aliphatic rings. The van der Waals surface area contributed by atoms with E-state index in [1.807, 2.05) is 0 Å². The van der Waals surface area contributed by atoms with Crippen molar-refractivity contribution in [3.05, 3.63) is 0 Å². The van der Waals surface area contributed by atoms with Crippen molar-refractivity contribution in [1.29, 1.82) is 0 Å². The Bertz CT molecular complexity index is 499. The van der Waals surface area contributed by atoms with Crippen LogP contribution in [0.4, 0.5) is 0 Å². The number of rotatable bonds is 14. The number of esters is 2. The number of nitrogens with two attached hydrogens (primary N) is 1. The third-order valence-corrected chi connectivity index (χ3v) is 5.72. The summed E-state index contributed by atoms with van der Waals surface area (Å²) in [7, 11) is 12.4. The van der Waals surface area contributed by atoms with E-state index < -0.39 is 0 Å². The van der Waals surface area contributed by atoms with Gasteiger partial charge in [0, 0.05) is 25.7 Å². The van der Waals surface area contributed by atoms with Crippen LogP contribution < -0.4 is 5.73 Å². The molecule has 0 aliphatic heterocycles.